The first-order chi connectivity index (χ1) is 20.1. The SMILES string of the molecule is CN(C)c1cc(Cl)ccc1CN1CC2N(C(=O)CN(C)N2C(=O)NCc2ccccc2)[C@@H](Cc2ccc(O)cc2)C1=O. The number of rotatable bonds is 7. The lowest BCUT2D eigenvalue weighted by atomic mass is 9.98. The number of hydrogen-bond donors (Lipinski definition) is 2. The molecule has 3 aromatic rings. The molecule has 11 heteroatoms. The first-order valence-electron chi connectivity index (χ1n) is 13.8. The topological polar surface area (TPSA) is 99.7 Å². The summed E-state index contributed by atoms with van der Waals surface area (Å²) in [5.74, 6) is -0.322. The van der Waals surface area contributed by atoms with Crippen molar-refractivity contribution in [1.29, 1.82) is 0 Å². The van der Waals surface area contributed by atoms with Crippen molar-refractivity contribution in [3.63, 3.8) is 0 Å². The molecule has 5 rings (SSSR count). The molecule has 2 atom stereocenters. The summed E-state index contributed by atoms with van der Waals surface area (Å²) in [4.78, 5) is 46.5. The third-order valence-electron chi connectivity index (χ3n) is 7.69. The molecular formula is C31H35ClN6O4. The molecule has 2 aliphatic rings. The van der Waals surface area contributed by atoms with E-state index in [-0.39, 0.29) is 49.7 Å². The molecule has 2 aliphatic heterocycles. The van der Waals surface area contributed by atoms with E-state index in [9.17, 15) is 19.5 Å². The number of nitrogens with zero attached hydrogens (tertiary/aromatic N) is 5. The third-order valence-corrected chi connectivity index (χ3v) is 7.92. The van der Waals surface area contributed by atoms with Crippen LogP contribution in [0.5, 0.6) is 5.75 Å². The summed E-state index contributed by atoms with van der Waals surface area (Å²) < 4.78 is 0. The minimum Gasteiger partial charge on any atom is -0.508 e. The number of halogens is 1. The molecule has 2 N–H and O–H groups in total. The Morgan fingerprint density at radius 3 is 2.43 bits per heavy atom. The zero-order chi connectivity index (χ0) is 30.0. The highest BCUT2D eigenvalue weighted by atomic mass is 35.5. The summed E-state index contributed by atoms with van der Waals surface area (Å²) in [6.45, 7) is 0.685. The van der Waals surface area contributed by atoms with Gasteiger partial charge in [0.05, 0.1) is 13.1 Å². The van der Waals surface area contributed by atoms with E-state index in [4.69, 9.17) is 11.6 Å². The number of urea groups is 1. The smallest absolute Gasteiger partial charge is 0.334 e. The number of benzene rings is 3. The Labute approximate surface area is 250 Å². The van der Waals surface area contributed by atoms with E-state index in [0.717, 1.165) is 22.4 Å². The van der Waals surface area contributed by atoms with Crippen LogP contribution in [0.3, 0.4) is 0 Å². The van der Waals surface area contributed by atoms with Gasteiger partial charge in [0.15, 0.2) is 0 Å². The van der Waals surface area contributed by atoms with Gasteiger partial charge in [-0.3, -0.25) is 9.59 Å². The zero-order valence-electron chi connectivity index (χ0n) is 23.9. The van der Waals surface area contributed by atoms with Crippen molar-refractivity contribution in [2.24, 2.45) is 0 Å². The molecule has 0 saturated carbocycles. The second-order valence-electron chi connectivity index (χ2n) is 10.9. The molecule has 1 unspecified atom stereocenters. The number of carbonyl (C=O) groups excluding carboxylic acids is 3. The van der Waals surface area contributed by atoms with E-state index < -0.39 is 12.2 Å². The Morgan fingerprint density at radius 2 is 1.74 bits per heavy atom. The average Bonchev–Trinajstić information content (AvgIpc) is 2.96. The second kappa shape index (κ2) is 12.3. The van der Waals surface area contributed by atoms with Gasteiger partial charge in [0.25, 0.3) is 0 Å². The van der Waals surface area contributed by atoms with Crippen molar-refractivity contribution in [3.8, 4) is 5.75 Å². The summed E-state index contributed by atoms with van der Waals surface area (Å²) in [5, 5.41) is 16.5. The maximum Gasteiger partial charge on any atom is 0.334 e. The van der Waals surface area contributed by atoms with Crippen LogP contribution in [0.25, 0.3) is 0 Å². The summed E-state index contributed by atoms with van der Waals surface area (Å²) in [6, 6.07) is 20.5. The minimum atomic E-state index is -0.839. The summed E-state index contributed by atoms with van der Waals surface area (Å²) in [7, 11) is 5.53. The number of hydrazine groups is 1. The Morgan fingerprint density at radius 1 is 1.02 bits per heavy atom. The lowest BCUT2D eigenvalue weighted by Crippen LogP contribution is -2.76. The standard InChI is InChI=1S/C31H35ClN6O4/c1-34(2)26-16-24(32)12-11-23(26)18-36-19-28-37(27(30(36)41)15-21-9-13-25(39)14-10-21)29(40)20-35(3)38(28)31(42)33-17-22-7-5-4-6-8-22/h4-14,16,27-28,39H,15,17-20H2,1-3H3,(H,33,42)/t27-,28?/m0/s1. The van der Waals surface area contributed by atoms with Crippen molar-refractivity contribution in [3.05, 3.63) is 94.5 Å². The van der Waals surface area contributed by atoms with Crippen molar-refractivity contribution in [2.75, 3.05) is 39.1 Å². The summed E-state index contributed by atoms with van der Waals surface area (Å²) in [5.41, 5.74) is 3.51. The van der Waals surface area contributed by atoms with Crippen LogP contribution in [0.1, 0.15) is 16.7 Å². The fourth-order valence-corrected chi connectivity index (χ4v) is 5.82. The van der Waals surface area contributed by atoms with Crippen molar-refractivity contribution >= 4 is 35.1 Å². The number of phenols is 1. The first kappa shape index (κ1) is 29.2. The van der Waals surface area contributed by atoms with E-state index in [1.807, 2.05) is 61.5 Å². The Hall–Kier alpha value is -4.28. The molecule has 0 bridgehead atoms. The Balaban J connectivity index is 1.49. The van der Waals surface area contributed by atoms with Crippen LogP contribution >= 0.6 is 11.6 Å². The molecule has 10 nitrogen and oxygen atoms in total. The third kappa shape index (κ3) is 6.14. The monoisotopic (exact) mass is 590 g/mol. The lowest BCUT2D eigenvalue weighted by Gasteiger charge is -2.54. The number of piperazine rings is 1. The molecule has 220 valence electrons. The van der Waals surface area contributed by atoms with Gasteiger partial charge in [-0.25, -0.2) is 14.8 Å². The molecule has 2 fully saturated rings. The number of aromatic hydroxyl groups is 1. The van der Waals surface area contributed by atoms with E-state index in [1.54, 1.807) is 57.2 Å². The molecule has 2 heterocycles. The molecule has 4 amide bonds. The van der Waals surface area contributed by atoms with Crippen LogP contribution in [0.15, 0.2) is 72.8 Å². The van der Waals surface area contributed by atoms with Crippen LogP contribution < -0.4 is 10.2 Å². The fraction of sp³-hybridized carbons (Fsp3) is 0.323. The first-order valence-corrected chi connectivity index (χ1v) is 14.2. The Bertz CT molecular complexity index is 1450. The number of likely N-dealkylation sites (N-methyl/N-ethyl adjacent to an activating group) is 1. The van der Waals surface area contributed by atoms with Gasteiger partial charge < -0.3 is 25.1 Å². The predicted octanol–water partition coefficient (Wildman–Crippen LogP) is 3.29. The number of phenolic OH excluding ortho intramolecular Hbond substituents is 1. The molecule has 2 saturated heterocycles. The zero-order valence-corrected chi connectivity index (χ0v) is 24.7. The average molecular weight is 591 g/mol. The number of amides is 4. The maximum atomic E-state index is 14.1. The van der Waals surface area contributed by atoms with E-state index in [0.29, 0.717) is 11.6 Å². The van der Waals surface area contributed by atoms with Crippen LogP contribution in [0.2, 0.25) is 5.02 Å². The molecule has 0 radical (unpaired) electrons. The number of fused-ring (bicyclic) bond motifs is 1. The normalized spacial score (nSPS) is 19.1. The highest BCUT2D eigenvalue weighted by Crippen LogP contribution is 2.31. The largest absolute Gasteiger partial charge is 0.508 e. The second-order valence-corrected chi connectivity index (χ2v) is 11.3. The van der Waals surface area contributed by atoms with Crippen LogP contribution in [-0.4, -0.2) is 89.2 Å². The van der Waals surface area contributed by atoms with Gasteiger partial charge in [0, 0.05) is 51.4 Å². The molecule has 0 aliphatic carbocycles. The van der Waals surface area contributed by atoms with Crippen molar-refractivity contribution in [2.45, 2.75) is 31.7 Å². The van der Waals surface area contributed by atoms with Gasteiger partial charge in [-0.05, 0) is 41.0 Å². The molecule has 3 aromatic carbocycles. The molecule has 0 spiro atoms. The minimum absolute atomic E-state index is 0.0451. The number of nitrogens with one attached hydrogen (secondary N) is 1. The van der Waals surface area contributed by atoms with E-state index >= 15 is 0 Å². The number of carbonyl (C=O) groups is 3. The summed E-state index contributed by atoms with van der Waals surface area (Å²) in [6.07, 6.45) is -0.482. The van der Waals surface area contributed by atoms with Gasteiger partial charge >= 0.3 is 6.03 Å². The number of anilines is 1. The fourth-order valence-electron chi connectivity index (χ4n) is 5.65. The van der Waals surface area contributed by atoms with Gasteiger partial charge in [-0.15, -0.1) is 0 Å². The maximum absolute atomic E-state index is 14.1. The van der Waals surface area contributed by atoms with Crippen molar-refractivity contribution < 1.29 is 19.5 Å². The van der Waals surface area contributed by atoms with Gasteiger partial charge in [0.1, 0.15) is 18.0 Å². The summed E-state index contributed by atoms with van der Waals surface area (Å²) >= 11 is 6.28. The lowest BCUT2D eigenvalue weighted by molar-refractivity contribution is -0.187. The number of hydrogen-bond acceptors (Lipinski definition) is 6. The van der Waals surface area contributed by atoms with Gasteiger partial charge in [0.2, 0.25) is 11.8 Å². The highest BCUT2D eigenvalue weighted by Gasteiger charge is 2.50. The predicted molar refractivity (Wildman–Crippen MR) is 161 cm³/mol. The quantitative estimate of drug-likeness (QED) is 0.438. The van der Waals surface area contributed by atoms with E-state index in [2.05, 4.69) is 5.32 Å². The van der Waals surface area contributed by atoms with E-state index in [1.165, 1.54) is 0 Å². The highest BCUT2D eigenvalue weighted by molar-refractivity contribution is 6.30. The molecule has 0 aromatic heterocycles. The van der Waals surface area contributed by atoms with Gasteiger partial charge in [-0.2, -0.15) is 0 Å². The molecule has 42 heavy (non-hydrogen) atoms. The van der Waals surface area contributed by atoms with Crippen LogP contribution in [0.4, 0.5) is 10.5 Å². The van der Waals surface area contributed by atoms with Crippen LogP contribution in [-0.2, 0) is 29.1 Å². The van der Waals surface area contributed by atoms with Crippen LogP contribution in [0, 0.1) is 0 Å². The Kier molecular flexibility index (Phi) is 8.56. The molecular weight excluding hydrogens is 556 g/mol. The van der Waals surface area contributed by atoms with Gasteiger partial charge in [-0.1, -0.05) is 60.1 Å². The van der Waals surface area contributed by atoms with Crippen molar-refractivity contribution in [1.82, 2.24) is 25.1 Å².